The zero-order chi connectivity index (χ0) is 19.9. The van der Waals surface area contributed by atoms with Gasteiger partial charge in [-0.3, -0.25) is 14.5 Å². The number of carbonyl (C=O) groups excluding carboxylic acids is 2. The predicted octanol–water partition coefficient (Wildman–Crippen LogP) is 2.84. The second-order valence-electron chi connectivity index (χ2n) is 8.12. The Kier molecular flexibility index (Phi) is 9.40. The number of carbonyl (C=O) groups is 2. The van der Waals surface area contributed by atoms with Gasteiger partial charge in [-0.05, 0) is 62.4 Å². The van der Waals surface area contributed by atoms with Crippen LogP contribution in [0.3, 0.4) is 0 Å². The van der Waals surface area contributed by atoms with Crippen LogP contribution in [0.2, 0.25) is 0 Å². The van der Waals surface area contributed by atoms with Crippen molar-refractivity contribution in [2.45, 2.75) is 51.1 Å². The maximum Gasteiger partial charge on any atom is 0.248 e. The van der Waals surface area contributed by atoms with Gasteiger partial charge in [0.05, 0.1) is 0 Å². The van der Waals surface area contributed by atoms with Crippen molar-refractivity contribution in [2.24, 2.45) is 11.7 Å². The number of ether oxygens (including phenoxy) is 1. The van der Waals surface area contributed by atoms with Gasteiger partial charge in [0.1, 0.15) is 6.61 Å². The first-order valence-electron chi connectivity index (χ1n) is 10.5. The predicted molar refractivity (Wildman–Crippen MR) is 116 cm³/mol. The smallest absolute Gasteiger partial charge is 0.248 e. The van der Waals surface area contributed by atoms with Crippen molar-refractivity contribution in [3.8, 4) is 0 Å². The molecule has 2 aliphatic rings. The Hall–Kier alpha value is -1.63. The Balaban J connectivity index is 0.00000300. The van der Waals surface area contributed by atoms with Crippen molar-refractivity contribution in [2.75, 3.05) is 33.4 Å². The zero-order valence-electron chi connectivity index (χ0n) is 17.3. The molecule has 0 aromatic heterocycles. The van der Waals surface area contributed by atoms with Crippen LogP contribution in [0.25, 0.3) is 0 Å². The number of benzene rings is 1. The second kappa shape index (κ2) is 11.5. The lowest BCUT2D eigenvalue weighted by atomic mass is 9.86. The third-order valence-corrected chi connectivity index (χ3v) is 6.18. The van der Waals surface area contributed by atoms with Crippen LogP contribution < -0.4 is 5.73 Å². The maximum atomic E-state index is 12.5. The first-order chi connectivity index (χ1) is 13.6. The van der Waals surface area contributed by atoms with E-state index in [9.17, 15) is 9.59 Å². The van der Waals surface area contributed by atoms with Crippen LogP contribution in [-0.2, 0) is 16.1 Å². The van der Waals surface area contributed by atoms with E-state index in [0.29, 0.717) is 17.5 Å². The van der Waals surface area contributed by atoms with Crippen molar-refractivity contribution < 1.29 is 14.3 Å². The molecule has 1 unspecified atom stereocenters. The van der Waals surface area contributed by atoms with Crippen LogP contribution in [-0.4, -0.2) is 61.0 Å². The van der Waals surface area contributed by atoms with Crippen molar-refractivity contribution in [3.05, 3.63) is 35.4 Å². The number of primary amides is 1. The number of halogens is 1. The molecule has 1 aromatic carbocycles. The molecule has 0 radical (unpaired) electrons. The molecule has 2 aliphatic heterocycles. The van der Waals surface area contributed by atoms with E-state index >= 15 is 0 Å². The van der Waals surface area contributed by atoms with Crippen molar-refractivity contribution in [1.82, 2.24) is 9.80 Å². The van der Waals surface area contributed by atoms with Gasteiger partial charge in [-0.25, -0.2) is 0 Å². The molecule has 162 valence electrons. The molecule has 2 fully saturated rings. The Morgan fingerprint density at radius 1 is 1.10 bits per heavy atom. The van der Waals surface area contributed by atoms with Crippen molar-refractivity contribution >= 4 is 24.2 Å². The summed E-state index contributed by atoms with van der Waals surface area (Å²) in [6.45, 7) is 3.94. The number of nitrogens with two attached hydrogens (primary N) is 1. The van der Waals surface area contributed by atoms with E-state index in [1.165, 1.54) is 12.8 Å². The average Bonchev–Trinajstić information content (AvgIpc) is 2.95. The summed E-state index contributed by atoms with van der Waals surface area (Å²) in [5.74, 6) is 0.321. The highest BCUT2D eigenvalue weighted by molar-refractivity contribution is 5.92. The van der Waals surface area contributed by atoms with E-state index in [1.54, 1.807) is 13.2 Å². The molecular weight excluding hydrogens is 390 g/mol. The Morgan fingerprint density at radius 3 is 2.55 bits per heavy atom. The number of hydrogen-bond donors (Lipinski definition) is 1. The van der Waals surface area contributed by atoms with Crippen LogP contribution in [0, 0.1) is 5.92 Å². The van der Waals surface area contributed by atoms with Gasteiger partial charge in [0.2, 0.25) is 11.8 Å². The van der Waals surface area contributed by atoms with Gasteiger partial charge in [0, 0.05) is 31.8 Å². The molecular formula is C22H34ClN3O3. The lowest BCUT2D eigenvalue weighted by molar-refractivity contribution is -0.139. The molecule has 0 bridgehead atoms. The zero-order valence-corrected chi connectivity index (χ0v) is 18.2. The van der Waals surface area contributed by atoms with Crippen LogP contribution in [0.15, 0.2) is 24.3 Å². The van der Waals surface area contributed by atoms with Gasteiger partial charge in [0.15, 0.2) is 0 Å². The fourth-order valence-corrected chi connectivity index (χ4v) is 4.72. The summed E-state index contributed by atoms with van der Waals surface area (Å²) in [6, 6.07) is 7.95. The monoisotopic (exact) mass is 423 g/mol. The quantitative estimate of drug-likeness (QED) is 0.763. The molecule has 0 saturated carbocycles. The SMILES string of the molecule is COCC(=O)N1CCCCCC1C1CCN(Cc2cccc(C(N)=O)c2)CC1.Cl. The molecule has 1 atom stereocenters. The van der Waals surface area contributed by atoms with Gasteiger partial charge in [0.25, 0.3) is 0 Å². The van der Waals surface area contributed by atoms with E-state index in [-0.39, 0.29) is 30.8 Å². The highest BCUT2D eigenvalue weighted by atomic mass is 35.5. The second-order valence-corrected chi connectivity index (χ2v) is 8.12. The summed E-state index contributed by atoms with van der Waals surface area (Å²) in [5, 5.41) is 0. The summed E-state index contributed by atoms with van der Waals surface area (Å²) < 4.78 is 5.11. The van der Waals surface area contributed by atoms with E-state index in [1.807, 2.05) is 12.1 Å². The molecule has 0 spiro atoms. The minimum Gasteiger partial charge on any atom is -0.375 e. The molecule has 29 heavy (non-hydrogen) atoms. The number of rotatable bonds is 6. The summed E-state index contributed by atoms with van der Waals surface area (Å²) in [6.07, 6.45) is 6.85. The number of amides is 2. The van der Waals surface area contributed by atoms with Gasteiger partial charge < -0.3 is 15.4 Å². The van der Waals surface area contributed by atoms with Crippen LogP contribution in [0.5, 0.6) is 0 Å². The summed E-state index contributed by atoms with van der Waals surface area (Å²) in [7, 11) is 1.59. The maximum absolute atomic E-state index is 12.5. The molecule has 2 N–H and O–H groups in total. The normalized spacial score (nSPS) is 21.3. The Bertz CT molecular complexity index is 677. The first kappa shape index (κ1) is 23.6. The highest BCUT2D eigenvalue weighted by Gasteiger charge is 2.33. The van der Waals surface area contributed by atoms with E-state index in [2.05, 4.69) is 15.9 Å². The molecule has 3 rings (SSSR count). The van der Waals surface area contributed by atoms with E-state index in [0.717, 1.165) is 57.4 Å². The van der Waals surface area contributed by atoms with Crippen molar-refractivity contribution in [3.63, 3.8) is 0 Å². The number of piperidine rings is 1. The summed E-state index contributed by atoms with van der Waals surface area (Å²) in [4.78, 5) is 28.5. The lowest BCUT2D eigenvalue weighted by Crippen LogP contribution is -2.48. The molecule has 7 heteroatoms. The first-order valence-corrected chi connectivity index (χ1v) is 10.5. The van der Waals surface area contributed by atoms with E-state index < -0.39 is 0 Å². The van der Waals surface area contributed by atoms with Gasteiger partial charge >= 0.3 is 0 Å². The van der Waals surface area contributed by atoms with Gasteiger partial charge in [-0.15, -0.1) is 12.4 Å². The number of likely N-dealkylation sites (tertiary alicyclic amines) is 2. The fourth-order valence-electron chi connectivity index (χ4n) is 4.72. The fraction of sp³-hybridized carbons (Fsp3) is 0.636. The Labute approximate surface area is 180 Å². The molecule has 0 aliphatic carbocycles. The molecule has 2 saturated heterocycles. The topological polar surface area (TPSA) is 75.9 Å². The lowest BCUT2D eigenvalue weighted by Gasteiger charge is -2.40. The minimum atomic E-state index is -0.380. The number of nitrogens with zero attached hydrogens (tertiary/aromatic N) is 2. The van der Waals surface area contributed by atoms with Crippen LogP contribution in [0.4, 0.5) is 0 Å². The molecule has 2 amide bonds. The largest absolute Gasteiger partial charge is 0.375 e. The third kappa shape index (κ3) is 6.43. The highest BCUT2D eigenvalue weighted by Crippen LogP contribution is 2.30. The summed E-state index contributed by atoms with van der Waals surface area (Å²) >= 11 is 0. The molecule has 2 heterocycles. The van der Waals surface area contributed by atoms with Crippen molar-refractivity contribution in [1.29, 1.82) is 0 Å². The summed E-state index contributed by atoms with van der Waals surface area (Å²) in [5.41, 5.74) is 7.09. The molecule has 1 aromatic rings. The van der Waals surface area contributed by atoms with E-state index in [4.69, 9.17) is 10.5 Å². The third-order valence-electron chi connectivity index (χ3n) is 6.18. The van der Waals surface area contributed by atoms with Crippen LogP contribution >= 0.6 is 12.4 Å². The molecule has 6 nitrogen and oxygen atoms in total. The standard InChI is InChI=1S/C22H33N3O3.ClH/c1-28-16-21(26)25-11-4-2-3-8-20(25)18-9-12-24(13-10-18)15-17-6-5-7-19(14-17)22(23)27;/h5-7,14,18,20H,2-4,8-13,15-16H2,1H3,(H2,23,27);1H. The Morgan fingerprint density at radius 2 is 1.86 bits per heavy atom. The van der Waals surface area contributed by atoms with Crippen LogP contribution in [0.1, 0.15) is 54.4 Å². The van der Waals surface area contributed by atoms with Gasteiger partial charge in [-0.2, -0.15) is 0 Å². The van der Waals surface area contributed by atoms with Gasteiger partial charge in [-0.1, -0.05) is 25.0 Å². The number of methoxy groups -OCH3 is 1. The number of hydrogen-bond acceptors (Lipinski definition) is 4. The average molecular weight is 424 g/mol. The minimum absolute atomic E-state index is 0.